The molecule has 1 aromatic heterocycles. The fourth-order valence-electron chi connectivity index (χ4n) is 1.64. The van der Waals surface area contributed by atoms with E-state index in [0.29, 0.717) is 6.04 Å². The minimum atomic E-state index is 0.637. The first-order chi connectivity index (χ1) is 6.84. The first-order valence-electron chi connectivity index (χ1n) is 5.11. The molecule has 1 saturated heterocycles. The van der Waals surface area contributed by atoms with Crippen molar-refractivity contribution in [2.75, 3.05) is 16.8 Å². The highest BCUT2D eigenvalue weighted by Crippen LogP contribution is 2.20. The lowest BCUT2D eigenvalue weighted by Crippen LogP contribution is -2.25. The van der Waals surface area contributed by atoms with Gasteiger partial charge < -0.3 is 5.32 Å². The third kappa shape index (κ3) is 2.64. The van der Waals surface area contributed by atoms with Crippen molar-refractivity contribution in [2.24, 2.45) is 0 Å². The van der Waals surface area contributed by atoms with E-state index in [1.165, 1.54) is 24.3 Å². The van der Waals surface area contributed by atoms with Crippen molar-refractivity contribution in [3.63, 3.8) is 0 Å². The van der Waals surface area contributed by atoms with E-state index in [0.717, 1.165) is 11.4 Å². The zero-order chi connectivity index (χ0) is 9.80. The first kappa shape index (κ1) is 9.84. The second-order valence-electron chi connectivity index (χ2n) is 3.75. The number of hydrogen-bond donors (Lipinski definition) is 1. The van der Waals surface area contributed by atoms with Crippen LogP contribution in [0.2, 0.25) is 0 Å². The summed E-state index contributed by atoms with van der Waals surface area (Å²) >= 11 is 2.04. The first-order valence-corrected chi connectivity index (χ1v) is 6.27. The monoisotopic (exact) mass is 208 g/mol. The van der Waals surface area contributed by atoms with Gasteiger partial charge in [0.25, 0.3) is 0 Å². The van der Waals surface area contributed by atoms with Gasteiger partial charge in [-0.15, -0.1) is 0 Å². The molecule has 1 aliphatic rings. The van der Waals surface area contributed by atoms with E-state index in [2.05, 4.69) is 22.4 Å². The molecular formula is C11H16N2S. The quantitative estimate of drug-likeness (QED) is 0.809. The molecule has 14 heavy (non-hydrogen) atoms. The summed E-state index contributed by atoms with van der Waals surface area (Å²) in [5.74, 6) is 2.55. The van der Waals surface area contributed by atoms with Crippen LogP contribution >= 0.6 is 11.8 Å². The molecule has 0 saturated carbocycles. The lowest BCUT2D eigenvalue weighted by Gasteiger charge is -2.23. The number of aryl methyl sites for hydroxylation is 1. The number of nitrogens with zero attached hydrogens (tertiary/aromatic N) is 1. The average molecular weight is 208 g/mol. The van der Waals surface area contributed by atoms with Gasteiger partial charge in [-0.1, -0.05) is 0 Å². The lowest BCUT2D eigenvalue weighted by molar-refractivity contribution is 0.685. The molecule has 0 aliphatic carbocycles. The zero-order valence-corrected chi connectivity index (χ0v) is 9.31. The fraction of sp³-hybridized carbons (Fsp3) is 0.545. The summed E-state index contributed by atoms with van der Waals surface area (Å²) in [6, 6.07) is 4.80. The van der Waals surface area contributed by atoms with E-state index in [4.69, 9.17) is 0 Å². The van der Waals surface area contributed by atoms with Gasteiger partial charge in [0.1, 0.15) is 0 Å². The average Bonchev–Trinajstić information content (AvgIpc) is 2.23. The number of rotatable bonds is 2. The number of aromatic nitrogens is 1. The topological polar surface area (TPSA) is 24.9 Å². The van der Waals surface area contributed by atoms with Gasteiger partial charge in [-0.05, 0) is 37.7 Å². The molecule has 0 aromatic carbocycles. The summed E-state index contributed by atoms with van der Waals surface area (Å²) in [4.78, 5) is 4.28. The van der Waals surface area contributed by atoms with Crippen LogP contribution in [0.4, 0.5) is 5.69 Å². The molecule has 2 heterocycles. The lowest BCUT2D eigenvalue weighted by atomic mass is 10.2. The Morgan fingerprint density at radius 3 is 3.07 bits per heavy atom. The summed E-state index contributed by atoms with van der Waals surface area (Å²) in [5.41, 5.74) is 2.23. The van der Waals surface area contributed by atoms with Crippen LogP contribution in [-0.2, 0) is 0 Å². The molecule has 1 aliphatic heterocycles. The number of anilines is 1. The predicted octanol–water partition coefficient (Wildman–Crippen LogP) is 2.70. The Kier molecular flexibility index (Phi) is 3.30. The third-order valence-corrected chi connectivity index (χ3v) is 3.66. The van der Waals surface area contributed by atoms with Crippen molar-refractivity contribution >= 4 is 17.4 Å². The highest BCUT2D eigenvalue weighted by molar-refractivity contribution is 7.99. The minimum Gasteiger partial charge on any atom is -0.380 e. The molecule has 0 amide bonds. The van der Waals surface area contributed by atoms with Crippen molar-refractivity contribution in [3.8, 4) is 0 Å². The molecule has 1 fully saturated rings. The maximum absolute atomic E-state index is 4.28. The van der Waals surface area contributed by atoms with Gasteiger partial charge >= 0.3 is 0 Å². The van der Waals surface area contributed by atoms with Crippen molar-refractivity contribution in [1.29, 1.82) is 0 Å². The third-order valence-electron chi connectivity index (χ3n) is 2.44. The summed E-state index contributed by atoms with van der Waals surface area (Å²) < 4.78 is 0. The molecule has 1 N–H and O–H groups in total. The largest absolute Gasteiger partial charge is 0.380 e. The molecule has 1 aromatic rings. The van der Waals surface area contributed by atoms with Gasteiger partial charge in [0.2, 0.25) is 0 Å². The summed E-state index contributed by atoms with van der Waals surface area (Å²) in [6.07, 6.45) is 4.55. The van der Waals surface area contributed by atoms with E-state index in [-0.39, 0.29) is 0 Å². The van der Waals surface area contributed by atoms with Gasteiger partial charge in [-0.25, -0.2) is 0 Å². The molecule has 2 nitrogen and oxygen atoms in total. The van der Waals surface area contributed by atoms with E-state index in [9.17, 15) is 0 Å². The molecule has 2 rings (SSSR count). The maximum atomic E-state index is 4.28. The highest BCUT2D eigenvalue weighted by Gasteiger charge is 2.12. The molecule has 76 valence electrons. The Labute approximate surface area is 89.5 Å². The number of hydrogen-bond acceptors (Lipinski definition) is 3. The number of pyridine rings is 1. The SMILES string of the molecule is Cc1ccc(N[C@@H]2CCCSC2)cn1. The smallest absolute Gasteiger partial charge is 0.0529 e. The second-order valence-corrected chi connectivity index (χ2v) is 4.90. The van der Waals surface area contributed by atoms with E-state index in [1.54, 1.807) is 0 Å². The number of nitrogens with one attached hydrogen (secondary N) is 1. The van der Waals surface area contributed by atoms with Gasteiger partial charge in [0, 0.05) is 17.5 Å². The van der Waals surface area contributed by atoms with Gasteiger partial charge in [0.15, 0.2) is 0 Å². The molecule has 0 bridgehead atoms. The van der Waals surface area contributed by atoms with Gasteiger partial charge in [0.05, 0.1) is 11.9 Å². The van der Waals surface area contributed by atoms with E-state index in [1.807, 2.05) is 24.9 Å². The van der Waals surface area contributed by atoms with Crippen molar-refractivity contribution in [1.82, 2.24) is 4.98 Å². The van der Waals surface area contributed by atoms with Gasteiger partial charge in [-0.3, -0.25) is 4.98 Å². The molecule has 1 atom stereocenters. The van der Waals surface area contributed by atoms with Crippen LogP contribution < -0.4 is 5.32 Å². The second kappa shape index (κ2) is 4.69. The molecule has 0 unspecified atom stereocenters. The van der Waals surface area contributed by atoms with Crippen LogP contribution in [-0.4, -0.2) is 22.5 Å². The molecular weight excluding hydrogens is 192 g/mol. The Morgan fingerprint density at radius 1 is 1.50 bits per heavy atom. The van der Waals surface area contributed by atoms with Crippen LogP contribution in [0.3, 0.4) is 0 Å². The van der Waals surface area contributed by atoms with Crippen molar-refractivity contribution in [3.05, 3.63) is 24.0 Å². The van der Waals surface area contributed by atoms with E-state index >= 15 is 0 Å². The van der Waals surface area contributed by atoms with Crippen LogP contribution in [0.25, 0.3) is 0 Å². The van der Waals surface area contributed by atoms with E-state index < -0.39 is 0 Å². The van der Waals surface area contributed by atoms with Crippen LogP contribution in [0.1, 0.15) is 18.5 Å². The standard InChI is InChI=1S/C11H16N2S/c1-9-4-5-10(7-12-9)13-11-3-2-6-14-8-11/h4-5,7,11,13H,2-3,6,8H2,1H3/t11-/m1/s1. The maximum Gasteiger partial charge on any atom is 0.0529 e. The summed E-state index contributed by atoms with van der Waals surface area (Å²) in [6.45, 7) is 2.01. The van der Waals surface area contributed by atoms with Crippen LogP contribution in [0.15, 0.2) is 18.3 Å². The zero-order valence-electron chi connectivity index (χ0n) is 8.49. The van der Waals surface area contributed by atoms with Crippen LogP contribution in [0.5, 0.6) is 0 Å². The number of thioether (sulfide) groups is 1. The Bertz CT molecular complexity index is 278. The Morgan fingerprint density at radius 2 is 2.43 bits per heavy atom. The molecule has 0 radical (unpaired) electrons. The van der Waals surface area contributed by atoms with Crippen molar-refractivity contribution in [2.45, 2.75) is 25.8 Å². The molecule has 3 heteroatoms. The highest BCUT2D eigenvalue weighted by atomic mass is 32.2. The molecule has 0 spiro atoms. The fourth-order valence-corrected chi connectivity index (χ4v) is 2.72. The normalized spacial score (nSPS) is 21.9. The Balaban J connectivity index is 1.92. The van der Waals surface area contributed by atoms with Crippen molar-refractivity contribution < 1.29 is 0 Å². The van der Waals surface area contributed by atoms with Gasteiger partial charge in [-0.2, -0.15) is 11.8 Å². The summed E-state index contributed by atoms with van der Waals surface area (Å²) in [5, 5.41) is 3.52. The van der Waals surface area contributed by atoms with Crippen LogP contribution in [0, 0.1) is 6.92 Å². The predicted molar refractivity (Wildman–Crippen MR) is 62.9 cm³/mol. The minimum absolute atomic E-state index is 0.637. The Hall–Kier alpha value is -0.700. The summed E-state index contributed by atoms with van der Waals surface area (Å²) in [7, 11) is 0.